The average molecular weight is 268 g/mol. The van der Waals surface area contributed by atoms with E-state index in [2.05, 4.69) is 9.72 Å². The van der Waals surface area contributed by atoms with Crippen molar-refractivity contribution < 1.29 is 31.8 Å². The minimum absolute atomic E-state index is 0.368. The topological polar surface area (TPSA) is 66.1 Å². The Morgan fingerprint density at radius 3 is 2.44 bits per heavy atom. The molecule has 0 aliphatic carbocycles. The summed E-state index contributed by atoms with van der Waals surface area (Å²) in [5.41, 5.74) is -2.46. The van der Waals surface area contributed by atoms with E-state index < -0.39 is 42.0 Å². The van der Waals surface area contributed by atoms with E-state index in [1.54, 1.807) is 0 Å². The van der Waals surface area contributed by atoms with Crippen molar-refractivity contribution in [2.45, 2.75) is 19.4 Å². The molecule has 18 heavy (non-hydrogen) atoms. The Hall–Kier alpha value is -1.95. The van der Waals surface area contributed by atoms with Crippen LogP contribution >= 0.6 is 0 Å². The fourth-order valence-electron chi connectivity index (χ4n) is 1.22. The molecule has 9 heteroatoms. The van der Waals surface area contributed by atoms with E-state index in [1.165, 1.54) is 6.07 Å². The van der Waals surface area contributed by atoms with Crippen LogP contribution < -0.4 is 4.74 Å². The van der Waals surface area contributed by atoms with Crippen molar-refractivity contribution in [3.8, 4) is 11.8 Å². The van der Waals surface area contributed by atoms with Gasteiger partial charge in [-0.05, 0) is 0 Å². The maximum absolute atomic E-state index is 12.5. The summed E-state index contributed by atoms with van der Waals surface area (Å²) in [6, 6.07) is 1.27. The maximum Gasteiger partial charge on any atom is 0.573 e. The molecule has 0 saturated heterocycles. The third-order valence-corrected chi connectivity index (χ3v) is 1.88. The summed E-state index contributed by atoms with van der Waals surface area (Å²) in [7, 11) is 0. The Kier molecular flexibility index (Phi) is 4.03. The van der Waals surface area contributed by atoms with Crippen LogP contribution in [0.2, 0.25) is 0 Å². The van der Waals surface area contributed by atoms with Crippen molar-refractivity contribution in [3.05, 3.63) is 23.0 Å². The summed E-state index contributed by atoms with van der Waals surface area (Å²) in [6.07, 6.45) is -7.85. The molecule has 1 heterocycles. The van der Waals surface area contributed by atoms with Gasteiger partial charge in [0, 0.05) is 5.56 Å². The first-order valence-corrected chi connectivity index (χ1v) is 4.36. The van der Waals surface area contributed by atoms with E-state index >= 15 is 0 Å². The number of aliphatic hydroxyl groups excluding tert-OH is 1. The number of halogens is 5. The lowest BCUT2D eigenvalue weighted by molar-refractivity contribution is -0.274. The van der Waals surface area contributed by atoms with Gasteiger partial charge in [-0.3, -0.25) is 4.98 Å². The van der Waals surface area contributed by atoms with Gasteiger partial charge in [0.15, 0.2) is 5.75 Å². The standard InChI is InChI=1S/C9H5F5N2O2/c10-8(11)7-5(3-17)4(1-15)6(2-16-7)18-9(12,13)14/h2,8,17H,3H2. The first-order valence-electron chi connectivity index (χ1n) is 4.36. The number of rotatable bonds is 3. The second-order valence-electron chi connectivity index (χ2n) is 2.98. The Bertz CT molecular complexity index is 481. The highest BCUT2D eigenvalue weighted by atomic mass is 19.4. The molecule has 0 atom stereocenters. The smallest absolute Gasteiger partial charge is 0.403 e. The first-order chi connectivity index (χ1) is 8.30. The van der Waals surface area contributed by atoms with Gasteiger partial charge in [0.1, 0.15) is 17.3 Å². The molecule has 0 aliphatic rings. The third-order valence-electron chi connectivity index (χ3n) is 1.88. The molecule has 0 spiro atoms. The molecular formula is C9H5F5N2O2. The highest BCUT2D eigenvalue weighted by molar-refractivity contribution is 5.49. The molecule has 1 rings (SSSR count). The van der Waals surface area contributed by atoms with Crippen LogP contribution in [0.4, 0.5) is 22.0 Å². The second kappa shape index (κ2) is 5.14. The van der Waals surface area contributed by atoms with Crippen molar-refractivity contribution in [2.24, 2.45) is 0 Å². The molecule has 4 nitrogen and oxygen atoms in total. The van der Waals surface area contributed by atoms with Gasteiger partial charge in [-0.1, -0.05) is 0 Å². The van der Waals surface area contributed by atoms with Crippen LogP contribution in [-0.4, -0.2) is 16.5 Å². The Balaban J connectivity index is 3.36. The number of hydrogen-bond acceptors (Lipinski definition) is 4. The number of aromatic nitrogens is 1. The maximum atomic E-state index is 12.5. The predicted molar refractivity (Wildman–Crippen MR) is 46.5 cm³/mol. The first kappa shape index (κ1) is 14.1. The average Bonchev–Trinajstić information content (AvgIpc) is 2.25. The van der Waals surface area contributed by atoms with Crippen LogP contribution in [0.1, 0.15) is 23.2 Å². The molecule has 0 amide bonds. The van der Waals surface area contributed by atoms with Crippen molar-refractivity contribution in [3.63, 3.8) is 0 Å². The summed E-state index contributed by atoms with van der Waals surface area (Å²) in [5, 5.41) is 17.5. The molecule has 0 saturated carbocycles. The highest BCUT2D eigenvalue weighted by Gasteiger charge is 2.33. The molecule has 0 unspecified atom stereocenters. The fourth-order valence-corrected chi connectivity index (χ4v) is 1.22. The Labute approximate surface area is 97.2 Å². The summed E-state index contributed by atoms with van der Waals surface area (Å²) in [5.74, 6) is -1.03. The Morgan fingerprint density at radius 2 is 2.06 bits per heavy atom. The van der Waals surface area contributed by atoms with Crippen LogP contribution in [0.5, 0.6) is 5.75 Å². The summed E-state index contributed by atoms with van der Waals surface area (Å²) < 4.78 is 64.3. The zero-order valence-corrected chi connectivity index (χ0v) is 8.50. The van der Waals surface area contributed by atoms with E-state index in [0.29, 0.717) is 6.20 Å². The molecule has 0 aliphatic heterocycles. The lowest BCUT2D eigenvalue weighted by Crippen LogP contribution is -2.19. The lowest BCUT2D eigenvalue weighted by atomic mass is 10.1. The molecule has 0 bridgehead atoms. The largest absolute Gasteiger partial charge is 0.573 e. The molecule has 1 aromatic heterocycles. The van der Waals surface area contributed by atoms with Gasteiger partial charge >= 0.3 is 6.36 Å². The highest BCUT2D eigenvalue weighted by Crippen LogP contribution is 2.31. The quantitative estimate of drug-likeness (QED) is 0.854. The van der Waals surface area contributed by atoms with Gasteiger partial charge in [0.05, 0.1) is 12.8 Å². The number of ether oxygens (including phenoxy) is 1. The van der Waals surface area contributed by atoms with Gasteiger partial charge in [-0.15, -0.1) is 13.2 Å². The molecule has 1 aromatic rings. The van der Waals surface area contributed by atoms with Crippen LogP contribution in [0, 0.1) is 11.3 Å². The lowest BCUT2D eigenvalue weighted by Gasteiger charge is -2.13. The number of nitriles is 1. The van der Waals surface area contributed by atoms with Gasteiger partial charge in [0.25, 0.3) is 6.43 Å². The number of alkyl halides is 5. The Morgan fingerprint density at radius 1 is 1.44 bits per heavy atom. The fraction of sp³-hybridized carbons (Fsp3) is 0.333. The van der Waals surface area contributed by atoms with Gasteiger partial charge < -0.3 is 9.84 Å². The molecule has 0 fully saturated rings. The summed E-state index contributed by atoms with van der Waals surface area (Å²) >= 11 is 0. The van der Waals surface area contributed by atoms with Gasteiger partial charge in [-0.2, -0.15) is 5.26 Å². The van der Waals surface area contributed by atoms with Gasteiger partial charge in [-0.25, -0.2) is 8.78 Å². The van der Waals surface area contributed by atoms with E-state index in [9.17, 15) is 22.0 Å². The number of hydrogen-bond donors (Lipinski definition) is 1. The van der Waals surface area contributed by atoms with Crippen molar-refractivity contribution in [2.75, 3.05) is 0 Å². The molecule has 0 radical (unpaired) electrons. The monoisotopic (exact) mass is 268 g/mol. The predicted octanol–water partition coefficient (Wildman–Crippen LogP) is 2.28. The summed E-state index contributed by atoms with van der Waals surface area (Å²) in [4.78, 5) is 3.06. The van der Waals surface area contributed by atoms with Crippen molar-refractivity contribution in [1.82, 2.24) is 4.98 Å². The van der Waals surface area contributed by atoms with Crippen LogP contribution in [-0.2, 0) is 6.61 Å². The van der Waals surface area contributed by atoms with Crippen molar-refractivity contribution in [1.29, 1.82) is 5.26 Å². The minimum atomic E-state index is -5.09. The molecule has 98 valence electrons. The third kappa shape index (κ3) is 3.04. The van der Waals surface area contributed by atoms with Crippen LogP contribution in [0.25, 0.3) is 0 Å². The summed E-state index contributed by atoms with van der Waals surface area (Å²) in [6.45, 7) is -1.05. The zero-order valence-electron chi connectivity index (χ0n) is 8.50. The minimum Gasteiger partial charge on any atom is -0.403 e. The number of nitrogens with zero attached hydrogens (tertiary/aromatic N) is 2. The van der Waals surface area contributed by atoms with Crippen LogP contribution in [0.3, 0.4) is 0 Å². The molecule has 0 aromatic carbocycles. The van der Waals surface area contributed by atoms with Gasteiger partial charge in [0.2, 0.25) is 0 Å². The normalized spacial score (nSPS) is 11.4. The zero-order chi connectivity index (χ0) is 13.9. The van der Waals surface area contributed by atoms with Crippen molar-refractivity contribution >= 4 is 0 Å². The van der Waals surface area contributed by atoms with E-state index in [0.717, 1.165) is 0 Å². The SMILES string of the molecule is N#Cc1c(OC(F)(F)F)cnc(C(F)F)c1CO. The number of aliphatic hydroxyl groups is 1. The number of pyridine rings is 1. The van der Waals surface area contributed by atoms with E-state index in [1.807, 2.05) is 0 Å². The molecular weight excluding hydrogens is 263 g/mol. The van der Waals surface area contributed by atoms with E-state index in [4.69, 9.17) is 10.4 Å². The van der Waals surface area contributed by atoms with Crippen LogP contribution in [0.15, 0.2) is 6.20 Å². The molecule has 1 N–H and O–H groups in total. The second-order valence-corrected chi connectivity index (χ2v) is 2.98. The van der Waals surface area contributed by atoms with E-state index in [-0.39, 0.29) is 0 Å².